The molecule has 0 aliphatic carbocycles. The first-order chi connectivity index (χ1) is 19.2. The van der Waals surface area contributed by atoms with Gasteiger partial charge in [-0.1, -0.05) is 42.5 Å². The van der Waals surface area contributed by atoms with Crippen molar-refractivity contribution in [2.75, 3.05) is 6.54 Å². The van der Waals surface area contributed by atoms with Crippen molar-refractivity contribution >= 4 is 45.1 Å². The second-order valence-electron chi connectivity index (χ2n) is 10.7. The molecule has 4 atom stereocenters. The normalized spacial score (nSPS) is 23.0. The van der Waals surface area contributed by atoms with Gasteiger partial charge in [-0.25, -0.2) is 4.98 Å². The Labute approximate surface area is 237 Å². The Morgan fingerprint density at radius 1 is 1.10 bits per heavy atom. The zero-order valence-electron chi connectivity index (χ0n) is 22.3. The number of benzene rings is 2. The number of nitrogens with zero attached hydrogens (tertiary/aromatic N) is 3. The summed E-state index contributed by atoms with van der Waals surface area (Å²) < 4.78 is 0.895. The molecule has 3 aromatic rings. The fraction of sp³-hybridized carbons (Fsp3) is 0.414. The molecule has 0 spiro atoms. The van der Waals surface area contributed by atoms with E-state index in [1.54, 1.807) is 4.90 Å². The average Bonchev–Trinajstić information content (AvgIpc) is 3.57. The summed E-state index contributed by atoms with van der Waals surface area (Å²) in [4.78, 5) is 51.2. The molecule has 0 bridgehead atoms. The predicted molar refractivity (Wildman–Crippen MR) is 156 cm³/mol. The molecule has 2 saturated heterocycles. The maximum Gasteiger partial charge on any atom is 0.243 e. The molecule has 210 valence electrons. The van der Waals surface area contributed by atoms with E-state index in [2.05, 4.69) is 15.3 Å². The highest BCUT2D eigenvalue weighted by atomic mass is 32.1. The number of Topliss-reactive ketones (excluding diaryl/α,β-unsaturated/α-hetero) is 1. The summed E-state index contributed by atoms with van der Waals surface area (Å²) in [7, 11) is 0. The van der Waals surface area contributed by atoms with Crippen LogP contribution in [0.1, 0.15) is 53.9 Å². The fourth-order valence-corrected chi connectivity index (χ4v) is 6.77. The van der Waals surface area contributed by atoms with Gasteiger partial charge in [-0.05, 0) is 62.6 Å². The minimum Gasteiger partial charge on any atom is -0.370 e. The molecule has 5 rings (SSSR count). The lowest BCUT2D eigenvalue weighted by Crippen LogP contribution is -2.65. The Kier molecular flexibility index (Phi) is 8.13. The van der Waals surface area contributed by atoms with Gasteiger partial charge >= 0.3 is 0 Å². The van der Waals surface area contributed by atoms with Crippen molar-refractivity contribution in [3.63, 3.8) is 0 Å². The SMILES string of the molecule is NC(N)=NCCCC(NC(=O)[C@@H]1CCC2CC[C@@](N)(Cc3ccccc3)C(=O)N21)C(=O)c1nc2ccccc2s1. The van der Waals surface area contributed by atoms with Gasteiger partial charge in [-0.15, -0.1) is 11.3 Å². The number of fused-ring (bicyclic) bond motifs is 2. The molecule has 2 aromatic carbocycles. The van der Waals surface area contributed by atoms with Crippen LogP contribution in [0.15, 0.2) is 59.6 Å². The largest absolute Gasteiger partial charge is 0.370 e. The Bertz CT molecular complexity index is 1390. The highest BCUT2D eigenvalue weighted by Gasteiger charge is 2.51. The first kappa shape index (κ1) is 27.7. The lowest BCUT2D eigenvalue weighted by atomic mass is 9.81. The standard InChI is InChI=1S/C29H35N7O3S/c30-28(31)33-16-6-10-21(24(37)26-35-20-9-4-5-11-23(20)40-26)34-25(38)22-13-12-19-14-15-29(32,27(39)36(19)22)17-18-7-2-1-3-8-18/h1-5,7-9,11,19,21-22H,6,10,12-17,32H2,(H,34,38)(H4,30,31,33)/t19?,21?,22-,29+/m0/s1. The number of piperidine rings is 1. The average molecular weight is 562 g/mol. The van der Waals surface area contributed by atoms with Crippen LogP contribution in [0.2, 0.25) is 0 Å². The van der Waals surface area contributed by atoms with E-state index in [4.69, 9.17) is 17.2 Å². The molecule has 2 amide bonds. The minimum atomic E-state index is -1.07. The highest BCUT2D eigenvalue weighted by Crippen LogP contribution is 2.37. The molecule has 0 saturated carbocycles. The van der Waals surface area contributed by atoms with Gasteiger partial charge in [0.1, 0.15) is 6.04 Å². The molecule has 2 fully saturated rings. The number of aromatic nitrogens is 1. The van der Waals surface area contributed by atoms with Gasteiger partial charge in [0.05, 0.1) is 21.8 Å². The topological polar surface area (TPSA) is 170 Å². The quantitative estimate of drug-likeness (QED) is 0.127. The van der Waals surface area contributed by atoms with Crippen LogP contribution in [-0.2, 0) is 16.0 Å². The smallest absolute Gasteiger partial charge is 0.243 e. The number of hydrogen-bond acceptors (Lipinski definition) is 7. The zero-order chi connectivity index (χ0) is 28.3. The van der Waals surface area contributed by atoms with Gasteiger partial charge in [-0.2, -0.15) is 0 Å². The van der Waals surface area contributed by atoms with E-state index in [1.807, 2.05) is 54.6 Å². The van der Waals surface area contributed by atoms with Crippen molar-refractivity contribution in [3.8, 4) is 0 Å². The van der Waals surface area contributed by atoms with Crippen LogP contribution >= 0.6 is 11.3 Å². The third kappa shape index (κ3) is 5.85. The number of hydrogen-bond donors (Lipinski definition) is 4. The number of para-hydroxylation sites is 1. The number of ketones is 1. The third-order valence-electron chi connectivity index (χ3n) is 7.83. The highest BCUT2D eigenvalue weighted by molar-refractivity contribution is 7.20. The lowest BCUT2D eigenvalue weighted by Gasteiger charge is -2.43. The van der Waals surface area contributed by atoms with Gasteiger partial charge < -0.3 is 27.4 Å². The Balaban J connectivity index is 1.33. The van der Waals surface area contributed by atoms with Crippen molar-refractivity contribution in [2.45, 2.75) is 68.6 Å². The Morgan fingerprint density at radius 2 is 1.85 bits per heavy atom. The molecule has 2 aliphatic heterocycles. The van der Waals surface area contributed by atoms with Crippen molar-refractivity contribution in [1.82, 2.24) is 15.2 Å². The van der Waals surface area contributed by atoms with Crippen LogP contribution in [0.25, 0.3) is 10.2 Å². The zero-order valence-corrected chi connectivity index (χ0v) is 23.1. The number of amides is 2. The van der Waals surface area contributed by atoms with Gasteiger partial charge in [0.25, 0.3) is 0 Å². The molecule has 40 heavy (non-hydrogen) atoms. The summed E-state index contributed by atoms with van der Waals surface area (Å²) in [6.45, 7) is 0.327. The molecular weight excluding hydrogens is 526 g/mol. The number of carbonyl (C=O) groups excluding carboxylic acids is 3. The lowest BCUT2D eigenvalue weighted by molar-refractivity contribution is -0.148. The predicted octanol–water partition coefficient (Wildman–Crippen LogP) is 2.11. The van der Waals surface area contributed by atoms with Crippen LogP contribution in [0.3, 0.4) is 0 Å². The summed E-state index contributed by atoms with van der Waals surface area (Å²) in [5.41, 5.74) is 18.2. The van der Waals surface area contributed by atoms with Crippen LogP contribution in [-0.4, -0.2) is 63.7 Å². The van der Waals surface area contributed by atoms with Gasteiger partial charge in [-0.3, -0.25) is 19.4 Å². The van der Waals surface area contributed by atoms with E-state index < -0.39 is 17.6 Å². The number of aliphatic imine (C=N–C) groups is 1. The number of nitrogens with one attached hydrogen (secondary N) is 1. The van der Waals surface area contributed by atoms with Crippen molar-refractivity contribution in [3.05, 3.63) is 65.2 Å². The van der Waals surface area contributed by atoms with E-state index in [9.17, 15) is 14.4 Å². The maximum absolute atomic E-state index is 13.8. The summed E-state index contributed by atoms with van der Waals surface area (Å²) in [5.74, 6) is -0.844. The van der Waals surface area contributed by atoms with Gasteiger partial charge in [0, 0.05) is 12.6 Å². The second kappa shape index (κ2) is 11.7. The summed E-state index contributed by atoms with van der Waals surface area (Å²) in [6, 6.07) is 15.7. The number of nitrogens with two attached hydrogens (primary N) is 3. The van der Waals surface area contributed by atoms with E-state index in [0.29, 0.717) is 43.7 Å². The van der Waals surface area contributed by atoms with Gasteiger partial charge in [0.2, 0.25) is 17.6 Å². The van der Waals surface area contributed by atoms with Gasteiger partial charge in [0.15, 0.2) is 11.0 Å². The van der Waals surface area contributed by atoms with Crippen LogP contribution in [0.5, 0.6) is 0 Å². The molecule has 1 aromatic heterocycles. The Hall–Kier alpha value is -3.83. The van der Waals surface area contributed by atoms with E-state index >= 15 is 0 Å². The number of rotatable bonds is 10. The van der Waals surface area contributed by atoms with Crippen LogP contribution in [0, 0.1) is 0 Å². The van der Waals surface area contributed by atoms with Crippen molar-refractivity contribution < 1.29 is 14.4 Å². The number of carbonyl (C=O) groups is 3. The summed E-state index contributed by atoms with van der Waals surface area (Å²) in [6.07, 6.45) is 3.79. The first-order valence-electron chi connectivity index (χ1n) is 13.7. The molecule has 11 heteroatoms. The Morgan fingerprint density at radius 3 is 2.60 bits per heavy atom. The summed E-state index contributed by atoms with van der Waals surface area (Å²) >= 11 is 1.30. The third-order valence-corrected chi connectivity index (χ3v) is 8.89. The number of thiazole rings is 1. The fourth-order valence-electron chi connectivity index (χ4n) is 5.81. The van der Waals surface area contributed by atoms with E-state index in [1.165, 1.54) is 11.3 Å². The maximum atomic E-state index is 13.8. The first-order valence-corrected chi connectivity index (χ1v) is 14.5. The second-order valence-corrected chi connectivity index (χ2v) is 11.7. The molecule has 3 heterocycles. The van der Waals surface area contributed by atoms with Crippen molar-refractivity contribution in [1.29, 1.82) is 0 Å². The van der Waals surface area contributed by atoms with E-state index in [-0.39, 0.29) is 29.6 Å². The monoisotopic (exact) mass is 561 g/mol. The molecule has 10 nitrogen and oxygen atoms in total. The molecular formula is C29H35N7O3S. The van der Waals surface area contributed by atoms with Crippen molar-refractivity contribution in [2.24, 2.45) is 22.2 Å². The number of guanidine groups is 1. The molecule has 2 aliphatic rings. The molecule has 0 radical (unpaired) electrons. The van der Waals surface area contributed by atoms with Crippen LogP contribution in [0.4, 0.5) is 0 Å². The molecule has 7 N–H and O–H groups in total. The summed E-state index contributed by atoms with van der Waals surface area (Å²) in [5, 5.41) is 3.28. The van der Waals surface area contributed by atoms with E-state index in [0.717, 1.165) is 28.6 Å². The van der Waals surface area contributed by atoms with Crippen LogP contribution < -0.4 is 22.5 Å². The minimum absolute atomic E-state index is 0.0283. The molecule has 2 unspecified atom stereocenters.